The molecular formula is C15H21NO2. The van der Waals surface area contributed by atoms with E-state index in [0.717, 1.165) is 37.4 Å². The van der Waals surface area contributed by atoms with Crippen molar-refractivity contribution in [3.8, 4) is 0 Å². The summed E-state index contributed by atoms with van der Waals surface area (Å²) in [7, 11) is 1.73. The minimum Gasteiger partial charge on any atom is -0.389 e. The zero-order valence-electron chi connectivity index (χ0n) is 11.1. The van der Waals surface area contributed by atoms with Crippen molar-refractivity contribution in [1.29, 1.82) is 0 Å². The van der Waals surface area contributed by atoms with Gasteiger partial charge in [-0.05, 0) is 25.0 Å². The predicted octanol–water partition coefficient (Wildman–Crippen LogP) is 2.52. The topological polar surface area (TPSA) is 32.7 Å². The van der Waals surface area contributed by atoms with E-state index in [2.05, 4.69) is 17.0 Å². The molecule has 0 amide bonds. The number of rotatable bonds is 4. The molecule has 18 heavy (non-hydrogen) atoms. The summed E-state index contributed by atoms with van der Waals surface area (Å²) in [6.45, 7) is 4.42. The number of hydrogen-bond acceptors (Lipinski definition) is 3. The monoisotopic (exact) mass is 247 g/mol. The molecule has 0 unspecified atom stereocenters. The Morgan fingerprint density at radius 1 is 1.39 bits per heavy atom. The van der Waals surface area contributed by atoms with Gasteiger partial charge >= 0.3 is 0 Å². The summed E-state index contributed by atoms with van der Waals surface area (Å²) in [6, 6.07) is 8.07. The largest absolute Gasteiger partial charge is 0.389 e. The summed E-state index contributed by atoms with van der Waals surface area (Å²) < 4.78 is 5.16. The van der Waals surface area contributed by atoms with Crippen molar-refractivity contribution >= 4 is 5.69 Å². The van der Waals surface area contributed by atoms with Crippen LogP contribution in [0.1, 0.15) is 25.0 Å². The molecule has 0 fully saturated rings. The lowest BCUT2D eigenvalue weighted by Gasteiger charge is -2.30. The molecule has 1 heterocycles. The van der Waals surface area contributed by atoms with Gasteiger partial charge in [0.25, 0.3) is 0 Å². The number of methoxy groups -OCH3 is 1. The normalized spacial score (nSPS) is 17.5. The number of para-hydroxylation sites is 1. The van der Waals surface area contributed by atoms with Crippen molar-refractivity contribution in [2.45, 2.75) is 19.4 Å². The second-order valence-electron chi connectivity index (χ2n) is 4.73. The van der Waals surface area contributed by atoms with Crippen LogP contribution >= 0.6 is 0 Å². The summed E-state index contributed by atoms with van der Waals surface area (Å²) >= 11 is 0. The summed E-state index contributed by atoms with van der Waals surface area (Å²) in [5, 5.41) is 9.81. The van der Waals surface area contributed by atoms with Crippen LogP contribution in [-0.4, -0.2) is 31.9 Å². The number of aliphatic hydroxyl groups excluding tert-OH is 1. The Hall–Kier alpha value is -1.32. The van der Waals surface area contributed by atoms with Crippen molar-refractivity contribution in [3.05, 3.63) is 41.5 Å². The van der Waals surface area contributed by atoms with Crippen LogP contribution in [0.15, 0.2) is 35.9 Å². The van der Waals surface area contributed by atoms with Gasteiger partial charge in [-0.2, -0.15) is 0 Å². The highest BCUT2D eigenvalue weighted by Crippen LogP contribution is 2.28. The summed E-state index contributed by atoms with van der Waals surface area (Å²) in [4.78, 5) is 2.31. The SMILES string of the molecule is COCC1=CCN(c2ccccc2[C@H](C)O)CC1. The van der Waals surface area contributed by atoms with Crippen LogP contribution in [0.5, 0.6) is 0 Å². The number of ether oxygens (including phenoxy) is 1. The number of nitrogens with zero attached hydrogens (tertiary/aromatic N) is 1. The Bertz CT molecular complexity index is 426. The van der Waals surface area contributed by atoms with Gasteiger partial charge in [0.15, 0.2) is 0 Å². The first-order valence-electron chi connectivity index (χ1n) is 6.41. The third-order valence-corrected chi connectivity index (χ3v) is 3.36. The van der Waals surface area contributed by atoms with E-state index in [9.17, 15) is 5.11 Å². The average molecular weight is 247 g/mol. The van der Waals surface area contributed by atoms with Crippen LogP contribution in [0.4, 0.5) is 5.69 Å². The van der Waals surface area contributed by atoms with Crippen molar-refractivity contribution in [1.82, 2.24) is 0 Å². The van der Waals surface area contributed by atoms with Gasteiger partial charge in [-0.1, -0.05) is 24.3 Å². The average Bonchev–Trinajstić information content (AvgIpc) is 2.40. The van der Waals surface area contributed by atoms with Gasteiger partial charge < -0.3 is 14.7 Å². The van der Waals surface area contributed by atoms with Crippen LogP contribution in [-0.2, 0) is 4.74 Å². The van der Waals surface area contributed by atoms with Crippen LogP contribution in [0, 0.1) is 0 Å². The molecule has 1 N–H and O–H groups in total. The van der Waals surface area contributed by atoms with Gasteiger partial charge in [-0.15, -0.1) is 0 Å². The standard InChI is InChI=1S/C15H21NO2/c1-12(17)14-5-3-4-6-15(14)16-9-7-13(8-10-16)11-18-2/h3-7,12,17H,8-11H2,1-2H3/t12-/m0/s1. The summed E-state index contributed by atoms with van der Waals surface area (Å²) in [6.07, 6.45) is 2.83. The van der Waals surface area contributed by atoms with E-state index >= 15 is 0 Å². The van der Waals surface area contributed by atoms with Crippen LogP contribution in [0.25, 0.3) is 0 Å². The van der Waals surface area contributed by atoms with Gasteiger partial charge in [-0.3, -0.25) is 0 Å². The molecule has 0 saturated heterocycles. The summed E-state index contributed by atoms with van der Waals surface area (Å²) in [5.74, 6) is 0. The molecule has 0 bridgehead atoms. The highest BCUT2D eigenvalue weighted by atomic mass is 16.5. The van der Waals surface area contributed by atoms with Crippen LogP contribution in [0.2, 0.25) is 0 Å². The fourth-order valence-corrected chi connectivity index (χ4v) is 2.38. The first-order chi connectivity index (χ1) is 8.72. The Labute approximate surface area is 109 Å². The number of benzene rings is 1. The Morgan fingerprint density at radius 2 is 2.17 bits per heavy atom. The Morgan fingerprint density at radius 3 is 2.78 bits per heavy atom. The van der Waals surface area contributed by atoms with E-state index in [4.69, 9.17) is 4.74 Å². The quantitative estimate of drug-likeness (QED) is 0.830. The molecule has 1 atom stereocenters. The van der Waals surface area contributed by atoms with E-state index in [-0.39, 0.29) is 0 Å². The van der Waals surface area contributed by atoms with Crippen molar-refractivity contribution < 1.29 is 9.84 Å². The fraction of sp³-hybridized carbons (Fsp3) is 0.467. The molecule has 3 nitrogen and oxygen atoms in total. The number of anilines is 1. The fourth-order valence-electron chi connectivity index (χ4n) is 2.38. The number of aliphatic hydroxyl groups is 1. The van der Waals surface area contributed by atoms with Gasteiger partial charge in [0.2, 0.25) is 0 Å². The maximum Gasteiger partial charge on any atom is 0.0781 e. The van der Waals surface area contributed by atoms with Crippen LogP contribution < -0.4 is 4.90 Å². The molecule has 0 aromatic heterocycles. The lowest BCUT2D eigenvalue weighted by molar-refractivity contribution is 0.199. The molecule has 0 saturated carbocycles. The molecule has 2 rings (SSSR count). The predicted molar refractivity (Wildman–Crippen MR) is 73.9 cm³/mol. The van der Waals surface area contributed by atoms with E-state index in [1.54, 1.807) is 7.11 Å². The zero-order chi connectivity index (χ0) is 13.0. The lowest BCUT2D eigenvalue weighted by Crippen LogP contribution is -2.30. The Balaban J connectivity index is 2.14. The maximum absolute atomic E-state index is 9.81. The smallest absolute Gasteiger partial charge is 0.0781 e. The maximum atomic E-state index is 9.81. The second kappa shape index (κ2) is 6.03. The second-order valence-corrected chi connectivity index (χ2v) is 4.73. The summed E-state index contributed by atoms with van der Waals surface area (Å²) in [5.41, 5.74) is 3.50. The third-order valence-electron chi connectivity index (χ3n) is 3.36. The van der Waals surface area contributed by atoms with E-state index in [1.807, 2.05) is 25.1 Å². The zero-order valence-corrected chi connectivity index (χ0v) is 11.1. The molecule has 0 spiro atoms. The van der Waals surface area contributed by atoms with Gasteiger partial charge in [-0.25, -0.2) is 0 Å². The highest BCUT2D eigenvalue weighted by Gasteiger charge is 2.16. The van der Waals surface area contributed by atoms with E-state index < -0.39 is 6.10 Å². The van der Waals surface area contributed by atoms with Crippen molar-refractivity contribution in [2.75, 3.05) is 31.7 Å². The highest BCUT2D eigenvalue weighted by molar-refractivity contribution is 5.55. The molecule has 1 aromatic rings. The molecule has 1 aliphatic rings. The first-order valence-corrected chi connectivity index (χ1v) is 6.41. The lowest BCUT2D eigenvalue weighted by atomic mass is 10.0. The van der Waals surface area contributed by atoms with Gasteiger partial charge in [0.1, 0.15) is 0 Å². The molecule has 3 heteroatoms. The Kier molecular flexibility index (Phi) is 4.39. The van der Waals surface area contributed by atoms with Gasteiger partial charge in [0.05, 0.1) is 12.7 Å². The minimum absolute atomic E-state index is 0.425. The van der Waals surface area contributed by atoms with Crippen LogP contribution in [0.3, 0.4) is 0 Å². The third kappa shape index (κ3) is 2.92. The molecule has 1 aliphatic heterocycles. The molecule has 1 aromatic carbocycles. The van der Waals surface area contributed by atoms with Crippen molar-refractivity contribution in [2.24, 2.45) is 0 Å². The molecular weight excluding hydrogens is 226 g/mol. The molecule has 0 radical (unpaired) electrons. The first kappa shape index (κ1) is 13.1. The van der Waals surface area contributed by atoms with E-state index in [0.29, 0.717) is 0 Å². The molecule has 98 valence electrons. The number of hydrogen-bond donors (Lipinski definition) is 1. The molecule has 0 aliphatic carbocycles. The minimum atomic E-state index is -0.425. The van der Waals surface area contributed by atoms with Crippen molar-refractivity contribution in [3.63, 3.8) is 0 Å². The van der Waals surface area contributed by atoms with E-state index in [1.165, 1.54) is 5.57 Å². The van der Waals surface area contributed by atoms with Gasteiger partial charge in [0, 0.05) is 31.5 Å².